The monoisotopic (exact) mass is 228 g/mol. The van der Waals surface area contributed by atoms with Crippen molar-refractivity contribution in [3.8, 4) is 0 Å². The van der Waals surface area contributed by atoms with Gasteiger partial charge in [0.15, 0.2) is 0 Å². The Morgan fingerprint density at radius 3 is 2.67 bits per heavy atom. The second-order valence-electron chi connectivity index (χ2n) is 5.10. The van der Waals surface area contributed by atoms with Crippen molar-refractivity contribution in [1.29, 1.82) is 0 Å². The van der Waals surface area contributed by atoms with Gasteiger partial charge in [-0.15, -0.1) is 0 Å². The van der Waals surface area contributed by atoms with Crippen LogP contribution < -0.4 is 11.1 Å². The van der Waals surface area contributed by atoms with Crippen LogP contribution in [0.5, 0.6) is 0 Å². The fourth-order valence-electron chi connectivity index (χ4n) is 3.00. The third-order valence-electron chi connectivity index (χ3n) is 4.12. The summed E-state index contributed by atoms with van der Waals surface area (Å²) < 4.78 is 0. The van der Waals surface area contributed by atoms with Gasteiger partial charge in [0.25, 0.3) is 0 Å². The van der Waals surface area contributed by atoms with Gasteiger partial charge in [-0.2, -0.15) is 11.8 Å². The molecule has 0 aromatic heterocycles. The quantitative estimate of drug-likeness (QED) is 0.777. The third kappa shape index (κ3) is 2.51. The molecule has 0 spiro atoms. The lowest BCUT2D eigenvalue weighted by Crippen LogP contribution is -2.61. The van der Waals surface area contributed by atoms with Gasteiger partial charge in [0.2, 0.25) is 0 Å². The molecular formula is C12H24N2S. The minimum Gasteiger partial charge on any atom is -0.329 e. The van der Waals surface area contributed by atoms with Gasteiger partial charge in [-0.05, 0) is 31.4 Å². The highest BCUT2D eigenvalue weighted by molar-refractivity contribution is 8.00. The zero-order valence-corrected chi connectivity index (χ0v) is 10.6. The van der Waals surface area contributed by atoms with Crippen molar-refractivity contribution in [1.82, 2.24) is 5.32 Å². The molecule has 3 N–H and O–H groups in total. The zero-order chi connectivity index (χ0) is 10.7. The maximum Gasteiger partial charge on any atom is 0.0423 e. The van der Waals surface area contributed by atoms with Crippen molar-refractivity contribution in [3.63, 3.8) is 0 Å². The van der Waals surface area contributed by atoms with Crippen LogP contribution in [0.3, 0.4) is 0 Å². The van der Waals surface area contributed by atoms with E-state index in [1.54, 1.807) is 0 Å². The predicted molar refractivity (Wildman–Crippen MR) is 68.3 cm³/mol. The first-order valence-corrected chi connectivity index (χ1v) is 7.41. The molecule has 1 aliphatic heterocycles. The smallest absolute Gasteiger partial charge is 0.0423 e. The van der Waals surface area contributed by atoms with Crippen LogP contribution in [0.1, 0.15) is 45.4 Å². The Labute approximate surface area is 97.8 Å². The van der Waals surface area contributed by atoms with Crippen LogP contribution in [-0.4, -0.2) is 29.1 Å². The Morgan fingerprint density at radius 1 is 1.33 bits per heavy atom. The van der Waals surface area contributed by atoms with E-state index < -0.39 is 0 Å². The summed E-state index contributed by atoms with van der Waals surface area (Å²) in [5.41, 5.74) is 6.26. The summed E-state index contributed by atoms with van der Waals surface area (Å²) in [6.07, 6.45) is 8.12. The van der Waals surface area contributed by atoms with E-state index in [-0.39, 0.29) is 5.54 Å². The van der Waals surface area contributed by atoms with Gasteiger partial charge in [0, 0.05) is 23.4 Å². The van der Waals surface area contributed by atoms with Crippen molar-refractivity contribution in [2.24, 2.45) is 5.73 Å². The Hall–Kier alpha value is 0.270. The average Bonchev–Trinajstić information content (AvgIpc) is 2.74. The lowest BCUT2D eigenvalue weighted by atomic mass is 9.88. The molecule has 0 radical (unpaired) electrons. The predicted octanol–water partition coefficient (Wildman–Crippen LogP) is 2.13. The van der Waals surface area contributed by atoms with Crippen LogP contribution in [0.4, 0.5) is 0 Å². The third-order valence-corrected chi connectivity index (χ3v) is 5.60. The molecule has 88 valence electrons. The lowest BCUT2D eigenvalue weighted by Gasteiger charge is -2.44. The Balaban J connectivity index is 1.98. The number of hydrogen-bond acceptors (Lipinski definition) is 3. The maximum absolute atomic E-state index is 6.03. The second-order valence-corrected chi connectivity index (χ2v) is 6.55. The van der Waals surface area contributed by atoms with Gasteiger partial charge in [-0.3, -0.25) is 0 Å². The van der Waals surface area contributed by atoms with E-state index >= 15 is 0 Å². The summed E-state index contributed by atoms with van der Waals surface area (Å²) in [7, 11) is 0. The first kappa shape index (κ1) is 11.7. The van der Waals surface area contributed by atoms with Crippen LogP contribution in [0, 0.1) is 0 Å². The Bertz CT molecular complexity index is 204. The lowest BCUT2D eigenvalue weighted by molar-refractivity contribution is 0.263. The molecule has 1 heterocycles. The number of thioether (sulfide) groups is 1. The number of hydrogen-bond donors (Lipinski definition) is 2. The minimum absolute atomic E-state index is 0.234. The molecule has 0 aromatic carbocycles. The zero-order valence-electron chi connectivity index (χ0n) is 9.80. The molecule has 0 amide bonds. The highest BCUT2D eigenvalue weighted by Gasteiger charge is 2.39. The Kier molecular flexibility index (Phi) is 3.97. The first-order chi connectivity index (χ1) is 7.27. The largest absolute Gasteiger partial charge is 0.329 e. The van der Waals surface area contributed by atoms with Gasteiger partial charge < -0.3 is 11.1 Å². The summed E-state index contributed by atoms with van der Waals surface area (Å²) in [5, 5.41) is 4.56. The van der Waals surface area contributed by atoms with Crippen LogP contribution >= 0.6 is 11.8 Å². The molecule has 1 saturated heterocycles. The summed E-state index contributed by atoms with van der Waals surface area (Å²) in [5.74, 6) is 1.31. The second kappa shape index (κ2) is 5.07. The average molecular weight is 228 g/mol. The number of rotatable bonds is 3. The van der Waals surface area contributed by atoms with Gasteiger partial charge in [-0.1, -0.05) is 19.8 Å². The van der Waals surface area contributed by atoms with E-state index in [0.717, 1.165) is 12.6 Å². The highest BCUT2D eigenvalue weighted by atomic mass is 32.2. The van der Waals surface area contributed by atoms with Crippen molar-refractivity contribution in [2.75, 3.05) is 12.3 Å². The van der Waals surface area contributed by atoms with Crippen LogP contribution in [0.15, 0.2) is 0 Å². The van der Waals surface area contributed by atoms with Crippen molar-refractivity contribution in [3.05, 3.63) is 0 Å². The molecule has 2 nitrogen and oxygen atoms in total. The number of nitrogens with two attached hydrogens (primary N) is 1. The molecular weight excluding hydrogens is 204 g/mol. The molecule has 2 rings (SSSR count). The van der Waals surface area contributed by atoms with Gasteiger partial charge in [0.1, 0.15) is 0 Å². The fraction of sp³-hybridized carbons (Fsp3) is 1.00. The molecule has 1 aliphatic carbocycles. The van der Waals surface area contributed by atoms with Gasteiger partial charge >= 0.3 is 0 Å². The summed E-state index contributed by atoms with van der Waals surface area (Å²) >= 11 is 2.09. The molecule has 15 heavy (non-hydrogen) atoms. The van der Waals surface area contributed by atoms with E-state index in [9.17, 15) is 0 Å². The van der Waals surface area contributed by atoms with E-state index in [2.05, 4.69) is 24.0 Å². The van der Waals surface area contributed by atoms with Crippen LogP contribution in [0.2, 0.25) is 0 Å². The van der Waals surface area contributed by atoms with Crippen LogP contribution in [-0.2, 0) is 0 Å². The number of nitrogens with one attached hydrogen (secondary N) is 1. The van der Waals surface area contributed by atoms with Crippen molar-refractivity contribution >= 4 is 11.8 Å². The molecule has 0 bridgehead atoms. The fourth-order valence-corrected chi connectivity index (χ4v) is 4.27. The molecule has 0 aromatic rings. The summed E-state index contributed by atoms with van der Waals surface area (Å²) in [6.45, 7) is 3.15. The molecule has 3 heteroatoms. The Morgan fingerprint density at radius 2 is 2.07 bits per heavy atom. The summed E-state index contributed by atoms with van der Waals surface area (Å²) in [6, 6.07) is 0.745. The molecule has 2 fully saturated rings. The van der Waals surface area contributed by atoms with Crippen LogP contribution in [0.25, 0.3) is 0 Å². The van der Waals surface area contributed by atoms with Crippen molar-refractivity contribution < 1.29 is 0 Å². The van der Waals surface area contributed by atoms with E-state index in [1.165, 1.54) is 44.3 Å². The molecule has 2 unspecified atom stereocenters. The molecule has 1 saturated carbocycles. The minimum atomic E-state index is 0.234. The molecule has 2 aliphatic rings. The van der Waals surface area contributed by atoms with Gasteiger partial charge in [0.05, 0.1) is 0 Å². The maximum atomic E-state index is 6.03. The van der Waals surface area contributed by atoms with Gasteiger partial charge in [-0.25, -0.2) is 0 Å². The SMILES string of the molecule is CC1SCCCC1(CN)NC1CCCC1. The normalized spacial score (nSPS) is 38.4. The van der Waals surface area contributed by atoms with Crippen molar-refractivity contribution in [2.45, 2.75) is 62.3 Å². The van der Waals surface area contributed by atoms with E-state index in [4.69, 9.17) is 5.73 Å². The molecule has 2 atom stereocenters. The summed E-state index contributed by atoms with van der Waals surface area (Å²) in [4.78, 5) is 0. The topological polar surface area (TPSA) is 38.0 Å². The van der Waals surface area contributed by atoms with E-state index in [1.807, 2.05) is 0 Å². The van der Waals surface area contributed by atoms with E-state index in [0.29, 0.717) is 5.25 Å². The first-order valence-electron chi connectivity index (χ1n) is 6.36. The standard InChI is InChI=1S/C12H24N2S/c1-10-12(9-13,7-4-8-15-10)14-11-5-2-3-6-11/h10-11,14H,2-9,13H2,1H3. The highest BCUT2D eigenvalue weighted by Crippen LogP contribution is 2.35.